The van der Waals surface area contributed by atoms with Gasteiger partial charge in [0, 0.05) is 6.42 Å². The minimum atomic E-state index is -1.65. The molecule has 8 atom stereocenters. The third-order valence-corrected chi connectivity index (χ3v) is 14.8. The first-order chi connectivity index (χ1) is 41.2. The fourth-order valence-corrected chi connectivity index (χ4v) is 9.60. The van der Waals surface area contributed by atoms with Crippen LogP contribution < -0.4 is 5.32 Å². The molecule has 6 N–H and O–H groups in total. The number of carbonyl (C=O) groups excluding carboxylic acids is 2. The Morgan fingerprint density at radius 2 is 0.857 bits per heavy atom. The third-order valence-electron chi connectivity index (χ3n) is 14.8. The number of hydrogen-bond acceptors (Lipinski definition) is 10. The molecule has 1 saturated heterocycles. The van der Waals surface area contributed by atoms with Gasteiger partial charge in [0.15, 0.2) is 12.4 Å². The van der Waals surface area contributed by atoms with E-state index in [2.05, 4.69) is 135 Å². The van der Waals surface area contributed by atoms with Crippen LogP contribution in [0.4, 0.5) is 0 Å². The topological polar surface area (TPSA) is 175 Å². The number of nitrogens with one attached hydrogen (secondary N) is 1. The molecule has 0 aromatic carbocycles. The predicted octanol–water partition coefficient (Wildman–Crippen LogP) is 16.8. The van der Waals surface area contributed by atoms with Gasteiger partial charge in [0.25, 0.3) is 0 Å². The Hall–Kier alpha value is -4.20. The first kappa shape index (κ1) is 77.8. The van der Waals surface area contributed by atoms with Crippen molar-refractivity contribution in [2.24, 2.45) is 0 Å². The summed E-state index contributed by atoms with van der Waals surface area (Å²) in [6.07, 6.45) is 73.5. The highest BCUT2D eigenvalue weighted by Gasteiger charge is 2.47. The van der Waals surface area contributed by atoms with Gasteiger partial charge >= 0.3 is 5.97 Å². The Bertz CT molecular complexity index is 1880. The van der Waals surface area contributed by atoms with Crippen molar-refractivity contribution in [1.82, 2.24) is 5.32 Å². The Morgan fingerprint density at radius 3 is 1.29 bits per heavy atom. The standard InChI is InChI=1S/C73H121NO10/c1-4-7-10-13-16-19-22-25-27-29-30-31-32-33-34-35-36-37-39-40-42-45-48-51-54-57-60-66(77)72(81)74-64(65(76)59-56-53-50-47-44-24-21-18-15-12-9-6-3)63-82-73-71(70(80)69(79)67(62-75)83-73)84-68(78)61-58-55-52-49-46-43-41-38-28-26-23-20-17-14-11-8-5-2/h7-8,10-11,16-17,19-20,25-28,30-31,33-34,41,43,49,52,56,59,64-67,69-71,73,75-77,79-80H,4-6,9,12-15,18,21-24,29,32,35-40,42,44-48,50-51,53-55,57-58,60-63H2,1-3H3,(H,74,81)/b10-7-,11-8-,19-16-,20-17-,27-25-,28-26-,31-30-,34-33-,43-41-,52-49-,59-56+. The molecule has 1 aliphatic heterocycles. The molecule has 0 spiro atoms. The summed E-state index contributed by atoms with van der Waals surface area (Å²) in [6.45, 7) is 5.53. The lowest BCUT2D eigenvalue weighted by atomic mass is 9.99. The van der Waals surface area contributed by atoms with Gasteiger partial charge in [-0.25, -0.2) is 0 Å². The van der Waals surface area contributed by atoms with Gasteiger partial charge in [-0.05, 0) is 109 Å². The number of carbonyl (C=O) groups is 2. The number of aliphatic hydroxyl groups is 5. The van der Waals surface area contributed by atoms with Crippen molar-refractivity contribution in [3.63, 3.8) is 0 Å². The molecule has 0 saturated carbocycles. The highest BCUT2D eigenvalue weighted by atomic mass is 16.7. The highest BCUT2D eigenvalue weighted by molar-refractivity contribution is 5.80. The van der Waals surface area contributed by atoms with E-state index in [-0.39, 0.29) is 19.4 Å². The number of allylic oxidation sites excluding steroid dienone is 21. The number of rotatable bonds is 55. The van der Waals surface area contributed by atoms with Gasteiger partial charge in [0.05, 0.1) is 25.4 Å². The number of unbranched alkanes of at least 4 members (excludes halogenated alkanes) is 21. The second kappa shape index (κ2) is 59.1. The van der Waals surface area contributed by atoms with Gasteiger partial charge in [0.1, 0.15) is 24.4 Å². The molecule has 11 nitrogen and oxygen atoms in total. The van der Waals surface area contributed by atoms with E-state index in [4.69, 9.17) is 14.2 Å². The summed E-state index contributed by atoms with van der Waals surface area (Å²) < 4.78 is 17.6. The van der Waals surface area contributed by atoms with Gasteiger partial charge < -0.3 is 45.1 Å². The van der Waals surface area contributed by atoms with Gasteiger partial charge in [-0.1, -0.05) is 270 Å². The maximum Gasteiger partial charge on any atom is 0.306 e. The van der Waals surface area contributed by atoms with E-state index in [1.165, 1.54) is 83.5 Å². The number of aliphatic hydroxyl groups excluding tert-OH is 5. The van der Waals surface area contributed by atoms with Crippen molar-refractivity contribution in [1.29, 1.82) is 0 Å². The lowest BCUT2D eigenvalue weighted by molar-refractivity contribution is -0.305. The SMILES string of the molecule is CC/C=C\C/C=C\C/C=C\C/C=C\C/C=C\CCCCCCCCCCCCC(O)C(=O)NC(COC1OC(CO)C(O)C(O)C1OC(=O)CCC/C=C\C/C=C\C/C=C\C/C=C\C/C=C\CC)C(O)/C=C/CCCCCCCCCCCC. The largest absolute Gasteiger partial charge is 0.454 e. The van der Waals surface area contributed by atoms with Crippen LogP contribution in [0.1, 0.15) is 252 Å². The van der Waals surface area contributed by atoms with E-state index in [1.54, 1.807) is 6.08 Å². The van der Waals surface area contributed by atoms with Crippen molar-refractivity contribution >= 4 is 11.9 Å². The number of esters is 1. The predicted molar refractivity (Wildman–Crippen MR) is 351 cm³/mol. The first-order valence-electron chi connectivity index (χ1n) is 33.5. The van der Waals surface area contributed by atoms with Crippen molar-refractivity contribution in [2.45, 2.75) is 301 Å². The summed E-state index contributed by atoms with van der Waals surface area (Å²) >= 11 is 0. The lowest BCUT2D eigenvalue weighted by Gasteiger charge is -2.41. The molecular weight excluding hydrogens is 1050 g/mol. The highest BCUT2D eigenvalue weighted by Crippen LogP contribution is 2.26. The van der Waals surface area contributed by atoms with E-state index in [0.29, 0.717) is 19.3 Å². The van der Waals surface area contributed by atoms with Crippen LogP contribution in [-0.2, 0) is 23.8 Å². The average molecular weight is 1170 g/mol. The molecule has 0 radical (unpaired) electrons. The molecule has 11 heteroatoms. The van der Waals surface area contributed by atoms with E-state index in [1.807, 2.05) is 18.2 Å². The molecule has 1 amide bonds. The minimum Gasteiger partial charge on any atom is -0.454 e. The summed E-state index contributed by atoms with van der Waals surface area (Å²) in [7, 11) is 0. The first-order valence-corrected chi connectivity index (χ1v) is 33.5. The zero-order chi connectivity index (χ0) is 61.0. The van der Waals surface area contributed by atoms with Crippen LogP contribution in [-0.4, -0.2) is 99.6 Å². The van der Waals surface area contributed by atoms with Crippen LogP contribution in [0, 0.1) is 0 Å². The van der Waals surface area contributed by atoms with Crippen molar-refractivity contribution in [2.75, 3.05) is 13.2 Å². The van der Waals surface area contributed by atoms with Crippen molar-refractivity contribution in [3.05, 3.63) is 134 Å². The Labute approximate surface area is 512 Å². The molecule has 1 aliphatic rings. The average Bonchev–Trinajstić information content (AvgIpc) is 3.67. The molecule has 1 rings (SSSR count). The minimum absolute atomic E-state index is 0.0385. The fraction of sp³-hybridized carbons (Fsp3) is 0.671. The number of hydrogen-bond donors (Lipinski definition) is 6. The second-order valence-electron chi connectivity index (χ2n) is 22.4. The van der Waals surface area contributed by atoms with E-state index in [0.717, 1.165) is 116 Å². The van der Waals surface area contributed by atoms with Crippen LogP contribution in [0.15, 0.2) is 134 Å². The zero-order valence-corrected chi connectivity index (χ0v) is 53.0. The van der Waals surface area contributed by atoms with Crippen LogP contribution in [0.25, 0.3) is 0 Å². The van der Waals surface area contributed by atoms with E-state index >= 15 is 0 Å². The molecule has 1 fully saturated rings. The number of ether oxygens (including phenoxy) is 3. The van der Waals surface area contributed by atoms with Gasteiger partial charge in [-0.15, -0.1) is 0 Å². The van der Waals surface area contributed by atoms with Gasteiger partial charge in [-0.3, -0.25) is 9.59 Å². The third kappa shape index (κ3) is 46.1. The molecule has 84 heavy (non-hydrogen) atoms. The number of amides is 1. The summed E-state index contributed by atoms with van der Waals surface area (Å²) in [5, 5.41) is 57.1. The van der Waals surface area contributed by atoms with Crippen LogP contribution in [0.3, 0.4) is 0 Å². The molecule has 0 aromatic rings. The van der Waals surface area contributed by atoms with Gasteiger partial charge in [-0.2, -0.15) is 0 Å². The maximum atomic E-state index is 13.5. The summed E-state index contributed by atoms with van der Waals surface area (Å²) in [6, 6.07) is -1.05. The Morgan fingerprint density at radius 1 is 0.476 bits per heavy atom. The maximum absolute atomic E-state index is 13.5. The lowest BCUT2D eigenvalue weighted by Crippen LogP contribution is -2.61. The molecule has 1 heterocycles. The molecule has 478 valence electrons. The normalized spacial score (nSPS) is 19.4. The summed E-state index contributed by atoms with van der Waals surface area (Å²) in [4.78, 5) is 26.6. The van der Waals surface area contributed by atoms with Crippen molar-refractivity contribution in [3.8, 4) is 0 Å². The zero-order valence-electron chi connectivity index (χ0n) is 53.0. The van der Waals surface area contributed by atoms with Crippen LogP contribution in [0.2, 0.25) is 0 Å². The van der Waals surface area contributed by atoms with Gasteiger partial charge in [0.2, 0.25) is 5.91 Å². The molecule has 0 bridgehead atoms. The van der Waals surface area contributed by atoms with E-state index in [9.17, 15) is 35.1 Å². The van der Waals surface area contributed by atoms with E-state index < -0.39 is 67.4 Å². The molecule has 0 aliphatic carbocycles. The molecule has 8 unspecified atom stereocenters. The molecular formula is C73H121NO10. The second-order valence-corrected chi connectivity index (χ2v) is 22.4. The Balaban J connectivity index is 2.63. The van der Waals surface area contributed by atoms with Crippen LogP contribution in [0.5, 0.6) is 0 Å². The summed E-state index contributed by atoms with van der Waals surface area (Å²) in [5.74, 6) is -1.27. The molecule has 0 aromatic heterocycles. The van der Waals surface area contributed by atoms with Crippen molar-refractivity contribution < 1.29 is 49.3 Å². The Kier molecular flexibility index (Phi) is 54.8. The monoisotopic (exact) mass is 1170 g/mol. The quantitative estimate of drug-likeness (QED) is 0.0195. The van der Waals surface area contributed by atoms with Crippen LogP contribution >= 0.6 is 0 Å². The fourth-order valence-electron chi connectivity index (χ4n) is 9.60. The smallest absolute Gasteiger partial charge is 0.306 e. The summed E-state index contributed by atoms with van der Waals surface area (Å²) in [5.41, 5.74) is 0.